The molecule has 0 amide bonds. The molecule has 80 valence electrons. The molecule has 0 radical (unpaired) electrons. The first-order valence-corrected chi connectivity index (χ1v) is 5.45. The normalized spacial score (nSPS) is 32.6. The minimum atomic E-state index is -0.225. The maximum Gasteiger partial charge on any atom is 0.149 e. The molecule has 0 bridgehead atoms. The van der Waals surface area contributed by atoms with Crippen LogP contribution in [0.15, 0.2) is 12.7 Å². The van der Waals surface area contributed by atoms with Crippen molar-refractivity contribution >= 4 is 5.78 Å². The lowest BCUT2D eigenvalue weighted by Crippen LogP contribution is -2.51. The Morgan fingerprint density at radius 3 is 2.50 bits per heavy atom. The van der Waals surface area contributed by atoms with E-state index in [0.29, 0.717) is 0 Å². The molecule has 0 spiro atoms. The van der Waals surface area contributed by atoms with Crippen molar-refractivity contribution in [1.82, 2.24) is 5.32 Å². The third-order valence-electron chi connectivity index (χ3n) is 3.61. The van der Waals surface area contributed by atoms with Gasteiger partial charge in [-0.15, -0.1) is 6.58 Å². The van der Waals surface area contributed by atoms with Crippen LogP contribution in [0, 0.1) is 5.92 Å². The van der Waals surface area contributed by atoms with E-state index in [-0.39, 0.29) is 11.3 Å². The summed E-state index contributed by atoms with van der Waals surface area (Å²) in [6.07, 6.45) is 7.34. The van der Waals surface area contributed by atoms with Gasteiger partial charge in [-0.2, -0.15) is 0 Å². The van der Waals surface area contributed by atoms with Gasteiger partial charge in [-0.1, -0.05) is 6.08 Å². The molecule has 14 heavy (non-hydrogen) atoms. The Labute approximate surface area is 86.8 Å². The molecule has 0 heterocycles. The molecule has 2 heteroatoms. The van der Waals surface area contributed by atoms with Crippen LogP contribution in [0.2, 0.25) is 0 Å². The van der Waals surface area contributed by atoms with E-state index in [2.05, 4.69) is 11.9 Å². The first-order chi connectivity index (χ1) is 6.64. The summed E-state index contributed by atoms with van der Waals surface area (Å²) in [7, 11) is 1.90. The van der Waals surface area contributed by atoms with Crippen LogP contribution in [0.4, 0.5) is 0 Å². The van der Waals surface area contributed by atoms with Crippen molar-refractivity contribution in [2.24, 2.45) is 5.92 Å². The Balaban J connectivity index is 2.54. The number of rotatable bonds is 4. The summed E-state index contributed by atoms with van der Waals surface area (Å²) in [5.41, 5.74) is -0.225. The number of carbonyl (C=O) groups is 1. The van der Waals surface area contributed by atoms with Gasteiger partial charge in [0.25, 0.3) is 0 Å². The smallest absolute Gasteiger partial charge is 0.149 e. The third kappa shape index (κ3) is 2.24. The monoisotopic (exact) mass is 195 g/mol. The lowest BCUT2D eigenvalue weighted by molar-refractivity contribution is -0.124. The topological polar surface area (TPSA) is 29.1 Å². The molecule has 2 nitrogen and oxygen atoms in total. The van der Waals surface area contributed by atoms with Crippen LogP contribution in [-0.2, 0) is 4.79 Å². The van der Waals surface area contributed by atoms with Crippen LogP contribution < -0.4 is 5.32 Å². The fraction of sp³-hybridized carbons (Fsp3) is 0.750. The number of allylic oxidation sites excluding steroid dienone is 1. The molecule has 0 aromatic carbocycles. The van der Waals surface area contributed by atoms with Crippen LogP contribution in [0.5, 0.6) is 0 Å². The largest absolute Gasteiger partial charge is 0.308 e. The van der Waals surface area contributed by atoms with Crippen molar-refractivity contribution < 1.29 is 4.79 Å². The fourth-order valence-electron chi connectivity index (χ4n) is 2.42. The highest BCUT2D eigenvalue weighted by atomic mass is 16.1. The summed E-state index contributed by atoms with van der Waals surface area (Å²) in [4.78, 5) is 11.5. The van der Waals surface area contributed by atoms with E-state index in [0.717, 1.165) is 38.0 Å². The van der Waals surface area contributed by atoms with Gasteiger partial charge in [0.1, 0.15) is 5.78 Å². The molecular weight excluding hydrogens is 174 g/mol. The summed E-state index contributed by atoms with van der Waals surface area (Å²) < 4.78 is 0. The highest BCUT2D eigenvalue weighted by molar-refractivity contribution is 5.86. The number of Topliss-reactive ketones (excluding diaryl/α,β-unsaturated/α-hetero) is 1. The van der Waals surface area contributed by atoms with Gasteiger partial charge in [0.2, 0.25) is 0 Å². The summed E-state index contributed by atoms with van der Waals surface area (Å²) >= 11 is 0. The Hall–Kier alpha value is -0.630. The molecule has 0 unspecified atom stereocenters. The molecule has 0 atom stereocenters. The van der Waals surface area contributed by atoms with Gasteiger partial charge in [-0.05, 0) is 52.0 Å². The zero-order valence-electron chi connectivity index (χ0n) is 9.31. The summed E-state index contributed by atoms with van der Waals surface area (Å²) in [5.74, 6) is 1.03. The quantitative estimate of drug-likeness (QED) is 0.697. The lowest BCUT2D eigenvalue weighted by Gasteiger charge is -2.38. The number of likely N-dealkylation sites (N-methyl/N-ethyl adjacent to an activating group) is 1. The van der Waals surface area contributed by atoms with Crippen LogP contribution in [0.3, 0.4) is 0 Å². The van der Waals surface area contributed by atoms with Gasteiger partial charge >= 0.3 is 0 Å². The van der Waals surface area contributed by atoms with Gasteiger partial charge in [0.15, 0.2) is 0 Å². The molecule has 1 fully saturated rings. The highest BCUT2D eigenvalue weighted by Gasteiger charge is 2.37. The van der Waals surface area contributed by atoms with E-state index in [9.17, 15) is 4.79 Å². The molecule has 0 saturated heterocycles. The summed E-state index contributed by atoms with van der Waals surface area (Å²) in [6.45, 7) is 5.46. The fourth-order valence-corrected chi connectivity index (χ4v) is 2.42. The number of hydrogen-bond donors (Lipinski definition) is 1. The zero-order chi connectivity index (χ0) is 10.6. The molecule has 1 N–H and O–H groups in total. The maximum absolute atomic E-state index is 11.5. The average molecular weight is 195 g/mol. The van der Waals surface area contributed by atoms with Crippen molar-refractivity contribution in [2.45, 2.75) is 44.6 Å². The van der Waals surface area contributed by atoms with Crippen molar-refractivity contribution in [2.75, 3.05) is 7.05 Å². The predicted octanol–water partition coefficient (Wildman–Crippen LogP) is 2.30. The van der Waals surface area contributed by atoms with E-state index in [4.69, 9.17) is 0 Å². The molecule has 1 aliphatic carbocycles. The zero-order valence-corrected chi connectivity index (χ0v) is 9.31. The Morgan fingerprint density at radius 2 is 2.14 bits per heavy atom. The second kappa shape index (κ2) is 4.74. The SMILES string of the molecule is C=CCC1CCC(NC)(C(C)=O)CC1. The Bertz CT molecular complexity index is 214. The number of nitrogens with one attached hydrogen (secondary N) is 1. The van der Waals surface area contributed by atoms with Gasteiger partial charge in [-0.3, -0.25) is 4.79 Å². The van der Waals surface area contributed by atoms with E-state index >= 15 is 0 Å². The van der Waals surface area contributed by atoms with Gasteiger partial charge in [0.05, 0.1) is 5.54 Å². The molecular formula is C12H21NO. The maximum atomic E-state index is 11.5. The molecule has 0 aliphatic heterocycles. The number of ketones is 1. The molecule has 0 aromatic rings. The molecule has 1 aliphatic rings. The number of hydrogen-bond acceptors (Lipinski definition) is 2. The highest BCUT2D eigenvalue weighted by Crippen LogP contribution is 2.34. The van der Waals surface area contributed by atoms with Crippen LogP contribution >= 0.6 is 0 Å². The minimum Gasteiger partial charge on any atom is -0.308 e. The minimum absolute atomic E-state index is 0.225. The van der Waals surface area contributed by atoms with Crippen LogP contribution in [-0.4, -0.2) is 18.4 Å². The first kappa shape index (κ1) is 11.4. The van der Waals surface area contributed by atoms with E-state index in [1.54, 1.807) is 6.92 Å². The Morgan fingerprint density at radius 1 is 1.57 bits per heavy atom. The van der Waals surface area contributed by atoms with Crippen molar-refractivity contribution in [3.05, 3.63) is 12.7 Å². The van der Waals surface area contributed by atoms with Gasteiger partial charge in [-0.25, -0.2) is 0 Å². The lowest BCUT2D eigenvalue weighted by atomic mass is 9.73. The summed E-state index contributed by atoms with van der Waals surface area (Å²) in [6, 6.07) is 0. The molecule has 0 aromatic heterocycles. The van der Waals surface area contributed by atoms with Crippen molar-refractivity contribution in [3.8, 4) is 0 Å². The molecule has 1 saturated carbocycles. The Kier molecular flexibility index (Phi) is 3.87. The third-order valence-corrected chi connectivity index (χ3v) is 3.61. The average Bonchev–Trinajstić information content (AvgIpc) is 2.19. The van der Waals surface area contributed by atoms with Gasteiger partial charge in [0, 0.05) is 0 Å². The van der Waals surface area contributed by atoms with Crippen molar-refractivity contribution in [3.63, 3.8) is 0 Å². The number of carbonyl (C=O) groups excluding carboxylic acids is 1. The van der Waals surface area contributed by atoms with Crippen molar-refractivity contribution in [1.29, 1.82) is 0 Å². The van der Waals surface area contributed by atoms with Gasteiger partial charge < -0.3 is 5.32 Å². The summed E-state index contributed by atoms with van der Waals surface area (Å²) in [5, 5.41) is 3.20. The van der Waals surface area contributed by atoms with E-state index in [1.165, 1.54) is 0 Å². The van der Waals surface area contributed by atoms with E-state index in [1.807, 2.05) is 13.1 Å². The second-order valence-corrected chi connectivity index (χ2v) is 4.36. The first-order valence-electron chi connectivity index (χ1n) is 5.45. The molecule has 1 rings (SSSR count). The van der Waals surface area contributed by atoms with Crippen LogP contribution in [0.1, 0.15) is 39.0 Å². The van der Waals surface area contributed by atoms with E-state index < -0.39 is 0 Å². The standard InChI is InChI=1S/C12H21NO/c1-4-5-11-6-8-12(13-3,9-7-11)10(2)14/h4,11,13H,1,5-9H2,2-3H3. The van der Waals surface area contributed by atoms with Crippen LogP contribution in [0.25, 0.3) is 0 Å². The predicted molar refractivity (Wildman–Crippen MR) is 59.2 cm³/mol. The second-order valence-electron chi connectivity index (χ2n) is 4.36.